The minimum atomic E-state index is -4.33. The Kier molecular flexibility index (Phi) is 4.08. The summed E-state index contributed by atoms with van der Waals surface area (Å²) in [7, 11) is 0. The van der Waals surface area contributed by atoms with Crippen molar-refractivity contribution in [2.24, 2.45) is 5.92 Å². The summed E-state index contributed by atoms with van der Waals surface area (Å²) in [6.45, 7) is -0.100. The average molecular weight is 277 g/mol. The summed E-state index contributed by atoms with van der Waals surface area (Å²) in [5, 5.41) is 6.13. The summed E-state index contributed by atoms with van der Waals surface area (Å²) < 4.78 is 42.3. The van der Waals surface area contributed by atoms with Crippen molar-refractivity contribution in [1.82, 2.24) is 9.78 Å². The van der Waals surface area contributed by atoms with E-state index in [4.69, 9.17) is 4.74 Å². The van der Waals surface area contributed by atoms with Crippen molar-refractivity contribution < 1.29 is 22.7 Å². The number of ether oxygens (including phenoxy) is 1. The maximum absolute atomic E-state index is 12.1. The SMILES string of the molecule is O=C(Nc1cnn(CC(F)(F)F)c1)C1CCOCC1. The smallest absolute Gasteiger partial charge is 0.381 e. The third kappa shape index (κ3) is 4.23. The molecule has 1 fully saturated rings. The van der Waals surface area contributed by atoms with E-state index in [1.165, 1.54) is 12.4 Å². The molecule has 1 aromatic heterocycles. The summed E-state index contributed by atoms with van der Waals surface area (Å²) in [6, 6.07) is 0. The molecule has 2 rings (SSSR count). The van der Waals surface area contributed by atoms with Crippen LogP contribution in [0.5, 0.6) is 0 Å². The number of amides is 1. The average Bonchev–Trinajstić information content (AvgIpc) is 2.75. The van der Waals surface area contributed by atoms with Gasteiger partial charge in [-0.1, -0.05) is 0 Å². The van der Waals surface area contributed by atoms with Gasteiger partial charge in [0, 0.05) is 25.3 Å². The Bertz CT molecular complexity index is 439. The lowest BCUT2D eigenvalue weighted by Crippen LogP contribution is -2.28. The van der Waals surface area contributed by atoms with E-state index in [1.807, 2.05) is 0 Å². The first-order valence-corrected chi connectivity index (χ1v) is 5.92. The van der Waals surface area contributed by atoms with Crippen molar-refractivity contribution in [3.8, 4) is 0 Å². The Morgan fingerprint density at radius 1 is 1.47 bits per heavy atom. The predicted molar refractivity (Wildman–Crippen MR) is 60.5 cm³/mol. The fraction of sp³-hybridized carbons (Fsp3) is 0.636. The highest BCUT2D eigenvalue weighted by molar-refractivity contribution is 5.92. The van der Waals surface area contributed by atoms with E-state index in [0.717, 1.165) is 4.68 Å². The second-order valence-electron chi connectivity index (χ2n) is 4.42. The van der Waals surface area contributed by atoms with Gasteiger partial charge in [-0.3, -0.25) is 9.48 Å². The molecule has 1 aromatic rings. The first-order chi connectivity index (χ1) is 8.94. The zero-order valence-electron chi connectivity index (χ0n) is 10.1. The summed E-state index contributed by atoms with van der Waals surface area (Å²) in [5.74, 6) is -0.352. The molecule has 1 amide bonds. The molecular weight excluding hydrogens is 263 g/mol. The molecule has 5 nitrogen and oxygen atoms in total. The van der Waals surface area contributed by atoms with Crippen LogP contribution in [0.3, 0.4) is 0 Å². The molecule has 0 radical (unpaired) electrons. The van der Waals surface area contributed by atoms with Gasteiger partial charge in [-0.2, -0.15) is 18.3 Å². The predicted octanol–water partition coefficient (Wildman–Crippen LogP) is 1.81. The number of nitrogens with one attached hydrogen (secondary N) is 1. The molecule has 1 N–H and O–H groups in total. The number of carbonyl (C=O) groups excluding carboxylic acids is 1. The maximum Gasteiger partial charge on any atom is 0.408 e. The van der Waals surface area contributed by atoms with Gasteiger partial charge in [0.2, 0.25) is 5.91 Å². The van der Waals surface area contributed by atoms with Crippen molar-refractivity contribution >= 4 is 11.6 Å². The van der Waals surface area contributed by atoms with Crippen molar-refractivity contribution in [3.63, 3.8) is 0 Å². The van der Waals surface area contributed by atoms with Crippen LogP contribution in [0.15, 0.2) is 12.4 Å². The van der Waals surface area contributed by atoms with Gasteiger partial charge in [-0.25, -0.2) is 0 Å². The minimum absolute atomic E-state index is 0.153. The van der Waals surface area contributed by atoms with Crippen LogP contribution in [-0.2, 0) is 16.1 Å². The molecular formula is C11H14F3N3O2. The molecule has 106 valence electrons. The highest BCUT2D eigenvalue weighted by Crippen LogP contribution is 2.20. The summed E-state index contributed by atoms with van der Waals surface area (Å²) in [4.78, 5) is 11.8. The first kappa shape index (κ1) is 13.9. The summed E-state index contributed by atoms with van der Waals surface area (Å²) in [5.41, 5.74) is 0.278. The molecule has 0 unspecified atom stereocenters. The maximum atomic E-state index is 12.1. The van der Waals surface area contributed by atoms with E-state index < -0.39 is 12.7 Å². The van der Waals surface area contributed by atoms with Crippen LogP contribution in [0.1, 0.15) is 12.8 Å². The highest BCUT2D eigenvalue weighted by atomic mass is 19.4. The summed E-state index contributed by atoms with van der Waals surface area (Å²) in [6.07, 6.45) is -0.688. The van der Waals surface area contributed by atoms with E-state index in [9.17, 15) is 18.0 Å². The number of aromatic nitrogens is 2. The van der Waals surface area contributed by atoms with E-state index in [1.54, 1.807) is 0 Å². The third-order valence-corrected chi connectivity index (χ3v) is 2.83. The van der Waals surface area contributed by atoms with Crippen LogP contribution in [0.2, 0.25) is 0 Å². The molecule has 1 aliphatic rings. The molecule has 19 heavy (non-hydrogen) atoms. The normalized spacial score (nSPS) is 17.4. The van der Waals surface area contributed by atoms with Crippen LogP contribution in [0.4, 0.5) is 18.9 Å². The lowest BCUT2D eigenvalue weighted by molar-refractivity contribution is -0.142. The largest absolute Gasteiger partial charge is 0.408 e. The van der Waals surface area contributed by atoms with Gasteiger partial charge in [0.15, 0.2) is 0 Å². The second-order valence-corrected chi connectivity index (χ2v) is 4.42. The van der Waals surface area contributed by atoms with Crippen LogP contribution in [0, 0.1) is 5.92 Å². The fourth-order valence-electron chi connectivity index (χ4n) is 1.90. The first-order valence-electron chi connectivity index (χ1n) is 5.92. The monoisotopic (exact) mass is 277 g/mol. The molecule has 0 saturated carbocycles. The van der Waals surface area contributed by atoms with Gasteiger partial charge >= 0.3 is 6.18 Å². The van der Waals surface area contributed by atoms with Crippen LogP contribution in [0.25, 0.3) is 0 Å². The third-order valence-electron chi connectivity index (χ3n) is 2.83. The van der Waals surface area contributed by atoms with E-state index in [0.29, 0.717) is 26.1 Å². The Morgan fingerprint density at radius 2 is 2.16 bits per heavy atom. The quantitative estimate of drug-likeness (QED) is 0.916. The molecule has 0 aliphatic carbocycles. The van der Waals surface area contributed by atoms with Gasteiger partial charge in [0.1, 0.15) is 6.54 Å². The number of hydrogen-bond acceptors (Lipinski definition) is 3. The molecule has 0 spiro atoms. The number of alkyl halides is 3. The molecule has 1 aliphatic heterocycles. The summed E-state index contributed by atoms with van der Waals surface area (Å²) >= 11 is 0. The number of halogens is 3. The van der Waals surface area contributed by atoms with Crippen molar-refractivity contribution in [2.75, 3.05) is 18.5 Å². The number of rotatable bonds is 3. The molecule has 8 heteroatoms. The fourth-order valence-corrected chi connectivity index (χ4v) is 1.90. The standard InChI is InChI=1S/C11H14F3N3O2/c12-11(13,14)7-17-6-9(5-15-17)16-10(18)8-1-3-19-4-2-8/h5-6,8H,1-4,7H2,(H,16,18). The van der Waals surface area contributed by atoms with Crippen LogP contribution >= 0.6 is 0 Å². The van der Waals surface area contributed by atoms with Gasteiger partial charge < -0.3 is 10.1 Å². The van der Waals surface area contributed by atoms with Crippen molar-refractivity contribution in [1.29, 1.82) is 0 Å². The molecule has 0 atom stereocenters. The molecule has 0 bridgehead atoms. The number of anilines is 1. The van der Waals surface area contributed by atoms with E-state index >= 15 is 0 Å². The minimum Gasteiger partial charge on any atom is -0.381 e. The molecule has 2 heterocycles. The number of nitrogens with zero attached hydrogens (tertiary/aromatic N) is 2. The Balaban J connectivity index is 1.90. The topological polar surface area (TPSA) is 56.2 Å². The Morgan fingerprint density at radius 3 is 2.79 bits per heavy atom. The molecule has 1 saturated heterocycles. The zero-order valence-corrected chi connectivity index (χ0v) is 10.1. The zero-order chi connectivity index (χ0) is 13.9. The Hall–Kier alpha value is -1.57. The molecule has 0 aromatic carbocycles. The Labute approximate surface area is 107 Å². The van der Waals surface area contributed by atoms with Crippen LogP contribution < -0.4 is 5.32 Å². The van der Waals surface area contributed by atoms with Crippen LogP contribution in [-0.4, -0.2) is 35.1 Å². The van der Waals surface area contributed by atoms with E-state index in [-0.39, 0.29) is 17.5 Å². The highest BCUT2D eigenvalue weighted by Gasteiger charge is 2.28. The van der Waals surface area contributed by atoms with Gasteiger partial charge in [0.05, 0.1) is 11.9 Å². The number of hydrogen-bond donors (Lipinski definition) is 1. The van der Waals surface area contributed by atoms with Gasteiger partial charge in [-0.05, 0) is 12.8 Å². The number of carbonyl (C=O) groups is 1. The van der Waals surface area contributed by atoms with Crippen molar-refractivity contribution in [3.05, 3.63) is 12.4 Å². The lowest BCUT2D eigenvalue weighted by Gasteiger charge is -2.20. The van der Waals surface area contributed by atoms with Crippen molar-refractivity contribution in [2.45, 2.75) is 25.6 Å². The second kappa shape index (κ2) is 5.60. The van der Waals surface area contributed by atoms with Gasteiger partial charge in [0.25, 0.3) is 0 Å². The van der Waals surface area contributed by atoms with Gasteiger partial charge in [-0.15, -0.1) is 0 Å². The lowest BCUT2D eigenvalue weighted by atomic mass is 9.99. The van der Waals surface area contributed by atoms with E-state index in [2.05, 4.69) is 10.4 Å².